The van der Waals surface area contributed by atoms with Gasteiger partial charge in [-0.05, 0) is 26.8 Å². The number of rotatable bonds is 3. The van der Waals surface area contributed by atoms with E-state index in [1.54, 1.807) is 17.9 Å². The molecule has 2 aliphatic heterocycles. The Bertz CT molecular complexity index is 876. The number of aryl methyl sites for hydroxylation is 1. The van der Waals surface area contributed by atoms with Crippen LogP contribution in [-0.4, -0.2) is 75.5 Å². The highest BCUT2D eigenvalue weighted by Crippen LogP contribution is 2.24. The molecular formula is C20H27N5O3. The number of furan rings is 1. The van der Waals surface area contributed by atoms with Gasteiger partial charge in [0.1, 0.15) is 5.76 Å². The molecule has 0 bridgehead atoms. The van der Waals surface area contributed by atoms with E-state index in [0.717, 1.165) is 24.3 Å². The van der Waals surface area contributed by atoms with E-state index in [4.69, 9.17) is 4.42 Å². The van der Waals surface area contributed by atoms with E-state index in [0.29, 0.717) is 55.7 Å². The number of fused-ring (bicyclic) bond motifs is 1. The van der Waals surface area contributed by atoms with E-state index in [2.05, 4.69) is 28.9 Å². The molecular weight excluding hydrogens is 358 g/mol. The third-order valence-electron chi connectivity index (χ3n) is 5.84. The summed E-state index contributed by atoms with van der Waals surface area (Å²) in [4.78, 5) is 31.9. The fourth-order valence-corrected chi connectivity index (χ4v) is 4.01. The van der Waals surface area contributed by atoms with E-state index >= 15 is 0 Å². The highest BCUT2D eigenvalue weighted by atomic mass is 16.3. The second kappa shape index (κ2) is 7.43. The predicted molar refractivity (Wildman–Crippen MR) is 103 cm³/mol. The smallest absolute Gasteiger partial charge is 0.274 e. The minimum Gasteiger partial charge on any atom is -0.469 e. The average molecular weight is 385 g/mol. The Labute approximate surface area is 164 Å². The number of H-pyrrole nitrogens is 1. The van der Waals surface area contributed by atoms with E-state index in [1.807, 2.05) is 4.90 Å². The van der Waals surface area contributed by atoms with Crippen molar-refractivity contribution in [3.8, 4) is 0 Å². The van der Waals surface area contributed by atoms with Crippen LogP contribution < -0.4 is 0 Å². The zero-order chi connectivity index (χ0) is 19.8. The van der Waals surface area contributed by atoms with Gasteiger partial charge in [-0.25, -0.2) is 0 Å². The molecule has 1 fully saturated rings. The van der Waals surface area contributed by atoms with Gasteiger partial charge in [0, 0.05) is 56.4 Å². The van der Waals surface area contributed by atoms with Crippen LogP contribution in [0.4, 0.5) is 0 Å². The average Bonchev–Trinajstić information content (AvgIpc) is 3.32. The van der Waals surface area contributed by atoms with Crippen molar-refractivity contribution in [2.24, 2.45) is 0 Å². The molecule has 0 radical (unpaired) electrons. The summed E-state index contributed by atoms with van der Waals surface area (Å²) in [5.41, 5.74) is 2.83. The van der Waals surface area contributed by atoms with Crippen molar-refractivity contribution in [2.45, 2.75) is 39.8 Å². The van der Waals surface area contributed by atoms with Gasteiger partial charge in [0.15, 0.2) is 5.69 Å². The largest absolute Gasteiger partial charge is 0.469 e. The van der Waals surface area contributed by atoms with Gasteiger partial charge in [-0.1, -0.05) is 0 Å². The fourth-order valence-electron chi connectivity index (χ4n) is 4.01. The van der Waals surface area contributed by atoms with Gasteiger partial charge in [-0.2, -0.15) is 5.10 Å². The molecule has 0 aromatic carbocycles. The van der Waals surface area contributed by atoms with Crippen molar-refractivity contribution in [1.29, 1.82) is 0 Å². The van der Waals surface area contributed by atoms with Crippen LogP contribution in [0.2, 0.25) is 0 Å². The molecule has 2 aromatic rings. The summed E-state index contributed by atoms with van der Waals surface area (Å²) in [6.07, 6.45) is 2.20. The maximum absolute atomic E-state index is 13.1. The number of nitrogens with one attached hydrogen (secondary N) is 1. The molecule has 2 aromatic heterocycles. The van der Waals surface area contributed by atoms with Gasteiger partial charge in [-0.3, -0.25) is 19.6 Å². The number of piperazine rings is 1. The molecule has 4 rings (SSSR count). The molecule has 4 heterocycles. The summed E-state index contributed by atoms with van der Waals surface area (Å²) in [7, 11) is 0. The molecule has 8 nitrogen and oxygen atoms in total. The Hall–Kier alpha value is -2.61. The Morgan fingerprint density at radius 2 is 1.86 bits per heavy atom. The molecule has 28 heavy (non-hydrogen) atoms. The standard InChI is InChI=1S/C20H27N5O3/c1-13(2)23-7-9-24(10-8-23)20(27)18-16-12-25(6-4-17(16)21-22-18)19(26)15-5-11-28-14(15)3/h5,11,13H,4,6-10,12H2,1-3H3,(H,21,22). The van der Waals surface area contributed by atoms with Crippen LogP contribution in [-0.2, 0) is 13.0 Å². The summed E-state index contributed by atoms with van der Waals surface area (Å²) in [6.45, 7) is 10.3. The van der Waals surface area contributed by atoms with Gasteiger partial charge >= 0.3 is 0 Å². The Morgan fingerprint density at radius 1 is 1.11 bits per heavy atom. The van der Waals surface area contributed by atoms with Crippen molar-refractivity contribution in [2.75, 3.05) is 32.7 Å². The molecule has 8 heteroatoms. The lowest BCUT2D eigenvalue weighted by Gasteiger charge is -2.36. The summed E-state index contributed by atoms with van der Waals surface area (Å²) >= 11 is 0. The van der Waals surface area contributed by atoms with Crippen LogP contribution >= 0.6 is 0 Å². The van der Waals surface area contributed by atoms with E-state index in [9.17, 15) is 9.59 Å². The van der Waals surface area contributed by atoms with Crippen LogP contribution in [0.3, 0.4) is 0 Å². The maximum atomic E-state index is 13.1. The quantitative estimate of drug-likeness (QED) is 0.869. The highest BCUT2D eigenvalue weighted by Gasteiger charge is 2.32. The number of carbonyl (C=O) groups excluding carboxylic acids is 2. The molecule has 1 N–H and O–H groups in total. The summed E-state index contributed by atoms with van der Waals surface area (Å²) in [5, 5.41) is 7.33. The van der Waals surface area contributed by atoms with Gasteiger partial charge in [0.2, 0.25) is 0 Å². The minimum atomic E-state index is -0.0675. The van der Waals surface area contributed by atoms with Crippen molar-refractivity contribution in [3.05, 3.63) is 40.6 Å². The maximum Gasteiger partial charge on any atom is 0.274 e. The third-order valence-corrected chi connectivity index (χ3v) is 5.84. The molecule has 0 aliphatic carbocycles. The molecule has 0 unspecified atom stereocenters. The number of nitrogens with zero attached hydrogens (tertiary/aromatic N) is 4. The lowest BCUT2D eigenvalue weighted by Crippen LogP contribution is -2.51. The first-order valence-electron chi connectivity index (χ1n) is 9.88. The fraction of sp³-hybridized carbons (Fsp3) is 0.550. The number of carbonyl (C=O) groups is 2. The minimum absolute atomic E-state index is 0.0466. The number of amides is 2. The molecule has 2 amide bonds. The van der Waals surface area contributed by atoms with Gasteiger partial charge in [-0.15, -0.1) is 0 Å². The lowest BCUT2D eigenvalue weighted by atomic mass is 10.0. The first kappa shape index (κ1) is 18.7. The SMILES string of the molecule is Cc1occc1C(=O)N1CCc2[nH]nc(C(=O)N3CCN(C(C)C)CC3)c2C1. The Morgan fingerprint density at radius 3 is 2.50 bits per heavy atom. The van der Waals surface area contributed by atoms with E-state index in [1.165, 1.54) is 6.26 Å². The summed E-state index contributed by atoms with van der Waals surface area (Å²) in [5.74, 6) is 0.499. The zero-order valence-electron chi connectivity index (χ0n) is 16.7. The second-order valence-corrected chi connectivity index (χ2v) is 7.82. The Balaban J connectivity index is 1.49. The van der Waals surface area contributed by atoms with Gasteiger partial charge in [0.25, 0.3) is 11.8 Å². The Kier molecular flexibility index (Phi) is 4.97. The molecule has 0 atom stereocenters. The van der Waals surface area contributed by atoms with Crippen molar-refractivity contribution in [3.63, 3.8) is 0 Å². The van der Waals surface area contributed by atoms with Gasteiger partial charge < -0.3 is 14.2 Å². The van der Waals surface area contributed by atoms with Crippen molar-refractivity contribution < 1.29 is 14.0 Å². The van der Waals surface area contributed by atoms with Crippen LogP contribution in [0.1, 0.15) is 51.7 Å². The molecule has 0 saturated carbocycles. The van der Waals surface area contributed by atoms with Crippen LogP contribution in [0.15, 0.2) is 16.7 Å². The first-order chi connectivity index (χ1) is 13.5. The molecule has 2 aliphatic rings. The van der Waals surface area contributed by atoms with Crippen molar-refractivity contribution >= 4 is 11.8 Å². The topological polar surface area (TPSA) is 85.7 Å². The predicted octanol–water partition coefficient (Wildman–Crippen LogP) is 1.68. The van der Waals surface area contributed by atoms with Crippen molar-refractivity contribution in [1.82, 2.24) is 24.9 Å². The monoisotopic (exact) mass is 385 g/mol. The number of aromatic nitrogens is 2. The van der Waals surface area contributed by atoms with Crippen LogP contribution in [0, 0.1) is 6.92 Å². The van der Waals surface area contributed by atoms with Crippen LogP contribution in [0.5, 0.6) is 0 Å². The molecule has 0 spiro atoms. The number of hydrogen-bond acceptors (Lipinski definition) is 5. The van der Waals surface area contributed by atoms with E-state index < -0.39 is 0 Å². The molecule has 150 valence electrons. The van der Waals surface area contributed by atoms with Crippen LogP contribution in [0.25, 0.3) is 0 Å². The summed E-state index contributed by atoms with van der Waals surface area (Å²) in [6, 6.07) is 2.18. The first-order valence-corrected chi connectivity index (χ1v) is 9.88. The highest BCUT2D eigenvalue weighted by molar-refractivity contribution is 5.96. The van der Waals surface area contributed by atoms with Gasteiger partial charge in [0.05, 0.1) is 18.4 Å². The number of hydrogen-bond donors (Lipinski definition) is 1. The number of aromatic amines is 1. The lowest BCUT2D eigenvalue weighted by molar-refractivity contribution is 0.0584. The zero-order valence-corrected chi connectivity index (χ0v) is 16.7. The summed E-state index contributed by atoms with van der Waals surface area (Å²) < 4.78 is 5.27. The second-order valence-electron chi connectivity index (χ2n) is 7.82. The normalized spacial score (nSPS) is 17.9. The van der Waals surface area contributed by atoms with E-state index in [-0.39, 0.29) is 11.8 Å². The third kappa shape index (κ3) is 3.32. The molecule has 1 saturated heterocycles.